The van der Waals surface area contributed by atoms with Gasteiger partial charge in [0.15, 0.2) is 0 Å². The largest absolute Gasteiger partial charge is 0.329 e. The fourth-order valence-electron chi connectivity index (χ4n) is 3.28. The smallest absolute Gasteiger partial charge is 0.0353 e. The first-order chi connectivity index (χ1) is 9.70. The van der Waals surface area contributed by atoms with Crippen LogP contribution in [0.25, 0.3) is 0 Å². The molecule has 0 saturated carbocycles. The van der Waals surface area contributed by atoms with Crippen LogP contribution in [0.4, 0.5) is 0 Å². The van der Waals surface area contributed by atoms with Gasteiger partial charge in [0.1, 0.15) is 0 Å². The number of likely N-dealkylation sites (N-methyl/N-ethyl adjacent to an activating group) is 1. The Balaban J connectivity index is 1.90. The minimum absolute atomic E-state index is 0.225. The molecular formula is C17H29N3. The Morgan fingerprint density at radius 2 is 1.85 bits per heavy atom. The molecule has 3 nitrogen and oxygen atoms in total. The van der Waals surface area contributed by atoms with E-state index in [1.807, 2.05) is 0 Å². The molecule has 3 heteroatoms. The second-order valence-corrected chi connectivity index (χ2v) is 6.11. The Labute approximate surface area is 123 Å². The lowest BCUT2D eigenvalue weighted by Gasteiger charge is -2.47. The van der Waals surface area contributed by atoms with Crippen molar-refractivity contribution < 1.29 is 0 Å². The fraction of sp³-hybridized carbons (Fsp3) is 0.647. The highest BCUT2D eigenvalue weighted by atomic mass is 15.2. The lowest BCUT2D eigenvalue weighted by Crippen LogP contribution is -2.58. The van der Waals surface area contributed by atoms with E-state index in [1.54, 1.807) is 0 Å². The van der Waals surface area contributed by atoms with Crippen LogP contribution < -0.4 is 5.73 Å². The molecule has 0 bridgehead atoms. The number of likely N-dealkylation sites (tertiary alicyclic amines) is 1. The summed E-state index contributed by atoms with van der Waals surface area (Å²) in [7, 11) is 2.24. The molecule has 1 aromatic rings. The summed E-state index contributed by atoms with van der Waals surface area (Å²) in [6, 6.07) is 10.8. The van der Waals surface area contributed by atoms with E-state index in [4.69, 9.17) is 5.73 Å². The van der Waals surface area contributed by atoms with Gasteiger partial charge < -0.3 is 5.73 Å². The van der Waals surface area contributed by atoms with E-state index in [2.05, 4.69) is 54.1 Å². The molecular weight excluding hydrogens is 246 g/mol. The van der Waals surface area contributed by atoms with Gasteiger partial charge >= 0.3 is 0 Å². The highest BCUT2D eigenvalue weighted by molar-refractivity contribution is 5.14. The van der Waals surface area contributed by atoms with Crippen molar-refractivity contribution in [2.24, 2.45) is 5.73 Å². The third-order valence-electron chi connectivity index (χ3n) is 4.78. The molecule has 112 valence electrons. The Bertz CT molecular complexity index is 382. The van der Waals surface area contributed by atoms with Gasteiger partial charge in [-0.25, -0.2) is 0 Å². The van der Waals surface area contributed by atoms with Gasteiger partial charge in [0.2, 0.25) is 0 Å². The van der Waals surface area contributed by atoms with Crippen molar-refractivity contribution in [2.45, 2.75) is 38.3 Å². The van der Waals surface area contributed by atoms with Crippen molar-refractivity contribution in [2.75, 3.05) is 33.2 Å². The van der Waals surface area contributed by atoms with Gasteiger partial charge in [0, 0.05) is 31.7 Å². The van der Waals surface area contributed by atoms with Crippen molar-refractivity contribution in [3.8, 4) is 0 Å². The minimum atomic E-state index is 0.225. The first-order valence-electron chi connectivity index (χ1n) is 7.88. The molecule has 2 N–H and O–H groups in total. The molecule has 20 heavy (non-hydrogen) atoms. The third kappa shape index (κ3) is 3.60. The number of rotatable bonds is 6. The molecule has 1 saturated heterocycles. The van der Waals surface area contributed by atoms with E-state index >= 15 is 0 Å². The number of nitrogens with two attached hydrogens (primary N) is 1. The fourth-order valence-corrected chi connectivity index (χ4v) is 3.28. The predicted molar refractivity (Wildman–Crippen MR) is 85.7 cm³/mol. The standard InChI is InChI=1S/C17H29N3/c1-3-11-19(2)17(15-18)9-12-20(13-10-17)14-16-7-5-4-6-8-16/h4-8H,3,9-15,18H2,1-2H3. The van der Waals surface area contributed by atoms with E-state index in [9.17, 15) is 0 Å². The second kappa shape index (κ2) is 7.21. The minimum Gasteiger partial charge on any atom is -0.329 e. The molecule has 0 radical (unpaired) electrons. The molecule has 1 aliphatic heterocycles. The summed E-state index contributed by atoms with van der Waals surface area (Å²) < 4.78 is 0. The van der Waals surface area contributed by atoms with E-state index < -0.39 is 0 Å². The Morgan fingerprint density at radius 1 is 1.20 bits per heavy atom. The molecule has 0 aliphatic carbocycles. The van der Waals surface area contributed by atoms with Gasteiger partial charge in [-0.2, -0.15) is 0 Å². The van der Waals surface area contributed by atoms with Crippen molar-refractivity contribution >= 4 is 0 Å². The first-order valence-corrected chi connectivity index (χ1v) is 7.88. The summed E-state index contributed by atoms with van der Waals surface area (Å²) in [6.07, 6.45) is 3.58. The summed E-state index contributed by atoms with van der Waals surface area (Å²) in [4.78, 5) is 5.05. The maximum atomic E-state index is 6.11. The Hall–Kier alpha value is -0.900. The van der Waals surface area contributed by atoms with Crippen LogP contribution >= 0.6 is 0 Å². The molecule has 0 atom stereocenters. The zero-order valence-corrected chi connectivity index (χ0v) is 13.0. The Morgan fingerprint density at radius 3 is 2.40 bits per heavy atom. The maximum absolute atomic E-state index is 6.11. The molecule has 1 fully saturated rings. The molecule has 1 aliphatic rings. The van der Waals surface area contributed by atoms with Crippen LogP contribution in [0.5, 0.6) is 0 Å². The van der Waals surface area contributed by atoms with E-state index in [-0.39, 0.29) is 5.54 Å². The zero-order valence-electron chi connectivity index (χ0n) is 13.0. The van der Waals surface area contributed by atoms with Gasteiger partial charge in [0.25, 0.3) is 0 Å². The quantitative estimate of drug-likeness (QED) is 0.865. The van der Waals surface area contributed by atoms with Gasteiger partial charge in [-0.05, 0) is 38.4 Å². The third-order valence-corrected chi connectivity index (χ3v) is 4.78. The second-order valence-electron chi connectivity index (χ2n) is 6.11. The van der Waals surface area contributed by atoms with Gasteiger partial charge in [-0.1, -0.05) is 37.3 Å². The van der Waals surface area contributed by atoms with Crippen LogP contribution in [0.3, 0.4) is 0 Å². The van der Waals surface area contributed by atoms with Crippen LogP contribution in [0.15, 0.2) is 30.3 Å². The lowest BCUT2D eigenvalue weighted by atomic mass is 9.85. The predicted octanol–water partition coefficient (Wildman–Crippen LogP) is 2.32. The average molecular weight is 275 g/mol. The molecule has 0 amide bonds. The number of piperidine rings is 1. The monoisotopic (exact) mass is 275 g/mol. The van der Waals surface area contributed by atoms with E-state index in [1.165, 1.54) is 24.8 Å². The normalized spacial score (nSPS) is 19.4. The highest BCUT2D eigenvalue weighted by Crippen LogP contribution is 2.28. The number of nitrogens with zero attached hydrogens (tertiary/aromatic N) is 2. The zero-order chi connectivity index (χ0) is 14.4. The molecule has 2 rings (SSSR count). The SMILES string of the molecule is CCCN(C)C1(CN)CCN(Cc2ccccc2)CC1. The Kier molecular flexibility index (Phi) is 5.58. The summed E-state index contributed by atoms with van der Waals surface area (Å²) in [5, 5.41) is 0. The molecule has 1 aromatic carbocycles. The first kappa shape index (κ1) is 15.5. The summed E-state index contributed by atoms with van der Waals surface area (Å²) in [5.41, 5.74) is 7.74. The summed E-state index contributed by atoms with van der Waals surface area (Å²) >= 11 is 0. The summed E-state index contributed by atoms with van der Waals surface area (Å²) in [6.45, 7) is 7.54. The number of hydrogen-bond donors (Lipinski definition) is 1. The van der Waals surface area contributed by atoms with Crippen LogP contribution in [0.2, 0.25) is 0 Å². The number of hydrogen-bond acceptors (Lipinski definition) is 3. The summed E-state index contributed by atoms with van der Waals surface area (Å²) in [5.74, 6) is 0. The van der Waals surface area contributed by atoms with Crippen molar-refractivity contribution in [1.29, 1.82) is 0 Å². The molecule has 1 heterocycles. The maximum Gasteiger partial charge on any atom is 0.0353 e. The van der Waals surface area contributed by atoms with Crippen LogP contribution in [0.1, 0.15) is 31.7 Å². The van der Waals surface area contributed by atoms with E-state index in [0.717, 1.165) is 32.7 Å². The average Bonchev–Trinajstić information content (AvgIpc) is 2.49. The van der Waals surface area contributed by atoms with Crippen molar-refractivity contribution in [1.82, 2.24) is 9.80 Å². The van der Waals surface area contributed by atoms with Crippen molar-refractivity contribution in [3.63, 3.8) is 0 Å². The van der Waals surface area contributed by atoms with Crippen molar-refractivity contribution in [3.05, 3.63) is 35.9 Å². The molecule has 0 unspecified atom stereocenters. The van der Waals surface area contributed by atoms with Gasteiger partial charge in [-0.15, -0.1) is 0 Å². The topological polar surface area (TPSA) is 32.5 Å². The van der Waals surface area contributed by atoms with E-state index in [0.29, 0.717) is 0 Å². The van der Waals surface area contributed by atoms with Crippen LogP contribution in [-0.2, 0) is 6.54 Å². The lowest BCUT2D eigenvalue weighted by molar-refractivity contribution is 0.0426. The van der Waals surface area contributed by atoms with Crippen LogP contribution in [0, 0.1) is 0 Å². The molecule has 0 aromatic heterocycles. The van der Waals surface area contributed by atoms with Crippen LogP contribution in [-0.4, -0.2) is 48.6 Å². The molecule has 0 spiro atoms. The number of benzene rings is 1. The van der Waals surface area contributed by atoms with Gasteiger partial charge in [-0.3, -0.25) is 9.80 Å². The highest BCUT2D eigenvalue weighted by Gasteiger charge is 2.36. The van der Waals surface area contributed by atoms with Gasteiger partial charge in [0.05, 0.1) is 0 Å².